The van der Waals surface area contributed by atoms with Gasteiger partial charge in [0.25, 0.3) is 0 Å². The smallest absolute Gasteiger partial charge is 0.303 e. The highest BCUT2D eigenvalue weighted by Gasteiger charge is 2.30. The van der Waals surface area contributed by atoms with Crippen molar-refractivity contribution in [2.24, 2.45) is 11.8 Å². The van der Waals surface area contributed by atoms with E-state index >= 15 is 0 Å². The summed E-state index contributed by atoms with van der Waals surface area (Å²) in [5.74, 6) is 6.94. The van der Waals surface area contributed by atoms with Crippen LogP contribution in [0.1, 0.15) is 49.3 Å². The lowest BCUT2D eigenvalue weighted by atomic mass is 9.79. The van der Waals surface area contributed by atoms with Crippen LogP contribution < -0.4 is 4.74 Å². The Bertz CT molecular complexity index is 1290. The number of likely N-dealkylation sites (tertiary alicyclic amines) is 1. The summed E-state index contributed by atoms with van der Waals surface area (Å²) in [4.78, 5) is 18.0. The monoisotopic (exact) mass is 520 g/mol. The third-order valence-corrected chi connectivity index (χ3v) is 7.59. The Morgan fingerprint density at radius 1 is 1.22 bits per heavy atom. The van der Waals surface area contributed by atoms with Crippen LogP contribution in [0.4, 0.5) is 0 Å². The van der Waals surface area contributed by atoms with Crippen LogP contribution in [0.15, 0.2) is 54.7 Å². The molecule has 3 aromatic rings. The zero-order chi connectivity index (χ0) is 26.2. The number of halogens is 1. The number of piperidine rings is 1. The van der Waals surface area contributed by atoms with Crippen LogP contribution in [0.25, 0.3) is 10.9 Å². The molecule has 1 fully saturated rings. The number of aliphatic carboxylic acids is 1. The van der Waals surface area contributed by atoms with E-state index in [1.807, 2.05) is 48.5 Å². The molecular formula is C30H33ClN2O4. The van der Waals surface area contributed by atoms with Gasteiger partial charge in [-0.2, -0.15) is 0 Å². The molecule has 1 unspecified atom stereocenters. The quantitative estimate of drug-likeness (QED) is 0.359. The van der Waals surface area contributed by atoms with Crippen molar-refractivity contribution in [1.82, 2.24) is 9.88 Å². The molecule has 1 aromatic heterocycles. The summed E-state index contributed by atoms with van der Waals surface area (Å²) in [6, 6.07) is 15.1. The van der Waals surface area contributed by atoms with Crippen molar-refractivity contribution >= 4 is 28.5 Å². The Kier molecular flexibility index (Phi) is 9.40. The van der Waals surface area contributed by atoms with Crippen molar-refractivity contribution < 1.29 is 19.7 Å². The van der Waals surface area contributed by atoms with Crippen LogP contribution in [0.2, 0.25) is 5.02 Å². The number of benzene rings is 2. The maximum Gasteiger partial charge on any atom is 0.303 e. The minimum absolute atomic E-state index is 0.150. The van der Waals surface area contributed by atoms with Gasteiger partial charge in [0.05, 0.1) is 30.3 Å². The topological polar surface area (TPSA) is 82.9 Å². The van der Waals surface area contributed by atoms with E-state index in [1.165, 1.54) is 0 Å². The molecular weight excluding hydrogens is 488 g/mol. The van der Waals surface area contributed by atoms with E-state index in [-0.39, 0.29) is 12.3 Å². The first-order valence-corrected chi connectivity index (χ1v) is 13.1. The summed E-state index contributed by atoms with van der Waals surface area (Å²) >= 11 is 6.21. The second kappa shape index (κ2) is 12.9. The number of aliphatic hydroxyl groups excluding tert-OH is 1. The van der Waals surface area contributed by atoms with Crippen molar-refractivity contribution in [2.75, 3.05) is 26.7 Å². The molecule has 3 atom stereocenters. The first kappa shape index (κ1) is 26.9. The lowest BCUT2D eigenvalue weighted by Gasteiger charge is -2.38. The van der Waals surface area contributed by atoms with Crippen molar-refractivity contribution in [3.8, 4) is 17.6 Å². The standard InChI is InChI=1S/C30H33ClN2O4/c1-37-24-10-11-28-26(19-24)25(14-16-32-28)29(34)12-8-21-15-18-33(20-23(21)9-13-30(35)36)17-4-6-22-5-2-3-7-27(22)31/h2-3,5,7,10-11,14,16,19,21,23,29,34H,8-9,12-13,15,17-18,20H2,1H3,(H,35,36)/t21-,23+,29?/m1/s1. The third kappa shape index (κ3) is 7.23. The third-order valence-electron chi connectivity index (χ3n) is 7.26. The first-order valence-electron chi connectivity index (χ1n) is 12.7. The van der Waals surface area contributed by atoms with E-state index in [0.29, 0.717) is 30.3 Å². The molecule has 1 aliphatic heterocycles. The Balaban J connectivity index is 1.40. The van der Waals surface area contributed by atoms with Crippen LogP contribution in [0.3, 0.4) is 0 Å². The van der Waals surface area contributed by atoms with Gasteiger partial charge in [-0.15, -0.1) is 0 Å². The van der Waals surface area contributed by atoms with Gasteiger partial charge in [0.2, 0.25) is 0 Å². The van der Waals surface area contributed by atoms with Crippen LogP contribution in [0, 0.1) is 23.7 Å². The van der Waals surface area contributed by atoms with Crippen LogP contribution in [-0.4, -0.2) is 52.8 Å². The Hall–Kier alpha value is -3.11. The molecule has 0 radical (unpaired) electrons. The number of aliphatic hydroxyl groups is 1. The Morgan fingerprint density at radius 2 is 2.05 bits per heavy atom. The molecule has 2 heterocycles. The normalized spacial score (nSPS) is 18.7. The van der Waals surface area contributed by atoms with Crippen molar-refractivity contribution in [3.05, 3.63) is 70.9 Å². The summed E-state index contributed by atoms with van der Waals surface area (Å²) in [6.45, 7) is 2.33. The number of carboxylic acid groups (broad SMARTS) is 1. The Labute approximate surface area is 223 Å². The molecule has 0 aliphatic carbocycles. The summed E-state index contributed by atoms with van der Waals surface area (Å²) in [6.07, 6.45) is 4.27. The van der Waals surface area contributed by atoms with Gasteiger partial charge in [-0.05, 0) is 86.0 Å². The van der Waals surface area contributed by atoms with E-state index in [4.69, 9.17) is 16.3 Å². The maximum absolute atomic E-state index is 11.3. The van der Waals surface area contributed by atoms with E-state index < -0.39 is 12.1 Å². The van der Waals surface area contributed by atoms with Crippen LogP contribution >= 0.6 is 11.6 Å². The number of carbonyl (C=O) groups is 1. The average Bonchev–Trinajstić information content (AvgIpc) is 2.91. The molecule has 4 rings (SSSR count). The largest absolute Gasteiger partial charge is 0.497 e. The van der Waals surface area contributed by atoms with E-state index in [1.54, 1.807) is 13.3 Å². The number of nitrogens with zero attached hydrogens (tertiary/aromatic N) is 2. The molecule has 1 aliphatic rings. The van der Waals surface area contributed by atoms with Crippen molar-refractivity contribution in [2.45, 2.75) is 38.2 Å². The van der Waals surface area contributed by atoms with Crippen LogP contribution in [0.5, 0.6) is 5.75 Å². The summed E-state index contributed by atoms with van der Waals surface area (Å²) in [5.41, 5.74) is 2.48. The summed E-state index contributed by atoms with van der Waals surface area (Å²) in [5, 5.41) is 21.9. The van der Waals surface area contributed by atoms with Gasteiger partial charge in [0, 0.05) is 30.1 Å². The van der Waals surface area contributed by atoms with Gasteiger partial charge in [-0.3, -0.25) is 14.7 Å². The predicted molar refractivity (Wildman–Crippen MR) is 146 cm³/mol. The molecule has 7 heteroatoms. The van der Waals surface area contributed by atoms with E-state index in [0.717, 1.165) is 53.7 Å². The Morgan fingerprint density at radius 3 is 2.84 bits per heavy atom. The van der Waals surface area contributed by atoms with E-state index in [2.05, 4.69) is 21.7 Å². The molecule has 2 N–H and O–H groups in total. The summed E-state index contributed by atoms with van der Waals surface area (Å²) in [7, 11) is 1.62. The number of hydrogen-bond acceptors (Lipinski definition) is 5. The molecule has 0 bridgehead atoms. The summed E-state index contributed by atoms with van der Waals surface area (Å²) < 4.78 is 5.36. The predicted octanol–water partition coefficient (Wildman–Crippen LogP) is 5.57. The second-order valence-electron chi connectivity index (χ2n) is 9.63. The number of rotatable bonds is 9. The van der Waals surface area contributed by atoms with Gasteiger partial charge in [-0.25, -0.2) is 0 Å². The average molecular weight is 521 g/mol. The molecule has 6 nitrogen and oxygen atoms in total. The van der Waals surface area contributed by atoms with Crippen molar-refractivity contribution in [1.29, 1.82) is 0 Å². The fourth-order valence-electron chi connectivity index (χ4n) is 5.22. The number of pyridine rings is 1. The van der Waals surface area contributed by atoms with Gasteiger partial charge in [0.1, 0.15) is 5.75 Å². The van der Waals surface area contributed by atoms with Gasteiger partial charge >= 0.3 is 5.97 Å². The second-order valence-corrected chi connectivity index (χ2v) is 10.0. The zero-order valence-corrected chi connectivity index (χ0v) is 21.8. The number of fused-ring (bicyclic) bond motifs is 1. The fraction of sp³-hybridized carbons (Fsp3) is 0.400. The highest BCUT2D eigenvalue weighted by molar-refractivity contribution is 6.31. The number of carboxylic acids is 1. The molecule has 0 saturated carbocycles. The van der Waals surface area contributed by atoms with Crippen LogP contribution in [-0.2, 0) is 4.79 Å². The van der Waals surface area contributed by atoms with Gasteiger partial charge < -0.3 is 14.9 Å². The minimum Gasteiger partial charge on any atom is -0.497 e. The van der Waals surface area contributed by atoms with E-state index in [9.17, 15) is 15.0 Å². The highest BCUT2D eigenvalue weighted by Crippen LogP contribution is 2.35. The van der Waals surface area contributed by atoms with Crippen molar-refractivity contribution in [3.63, 3.8) is 0 Å². The molecule has 0 spiro atoms. The van der Waals surface area contributed by atoms with Gasteiger partial charge in [0.15, 0.2) is 0 Å². The number of ether oxygens (including phenoxy) is 1. The fourth-order valence-corrected chi connectivity index (χ4v) is 5.40. The maximum atomic E-state index is 11.3. The zero-order valence-electron chi connectivity index (χ0n) is 21.1. The lowest BCUT2D eigenvalue weighted by molar-refractivity contribution is -0.137. The number of hydrogen-bond donors (Lipinski definition) is 2. The van der Waals surface area contributed by atoms with Gasteiger partial charge in [-0.1, -0.05) is 35.6 Å². The molecule has 37 heavy (non-hydrogen) atoms. The SMILES string of the molecule is COc1ccc2nccc(C(O)CC[C@@H]3CCN(CC#Cc4ccccc4Cl)C[C@@H]3CCC(=O)O)c2c1. The highest BCUT2D eigenvalue weighted by atomic mass is 35.5. The number of methoxy groups -OCH3 is 1. The first-order chi connectivity index (χ1) is 17.9. The lowest BCUT2D eigenvalue weighted by Crippen LogP contribution is -2.41. The molecule has 194 valence electrons. The molecule has 0 amide bonds. The molecule has 1 saturated heterocycles. The molecule has 2 aromatic carbocycles. The number of aromatic nitrogens is 1. The minimum atomic E-state index is -0.772.